The van der Waals surface area contributed by atoms with Crippen LogP contribution in [0.5, 0.6) is 0 Å². The SMILES string of the molecule is CCCC1CCN(S(=O)(=O)N2CCC(CO)CC2)CC1. The van der Waals surface area contributed by atoms with E-state index in [0.29, 0.717) is 32.1 Å². The first-order valence-electron chi connectivity index (χ1n) is 7.94. The summed E-state index contributed by atoms with van der Waals surface area (Å²) in [5, 5.41) is 9.13. The molecule has 118 valence electrons. The minimum absolute atomic E-state index is 0.177. The summed E-state index contributed by atoms with van der Waals surface area (Å²) in [5.74, 6) is 0.975. The van der Waals surface area contributed by atoms with Crippen LogP contribution in [0.2, 0.25) is 0 Å². The van der Waals surface area contributed by atoms with Gasteiger partial charge in [0.05, 0.1) is 0 Å². The molecule has 2 saturated heterocycles. The maximum Gasteiger partial charge on any atom is 0.281 e. The second kappa shape index (κ2) is 7.20. The van der Waals surface area contributed by atoms with E-state index in [4.69, 9.17) is 5.11 Å². The highest BCUT2D eigenvalue weighted by atomic mass is 32.2. The number of rotatable bonds is 5. The topological polar surface area (TPSA) is 60.9 Å². The summed E-state index contributed by atoms with van der Waals surface area (Å²) in [7, 11) is -3.27. The van der Waals surface area contributed by atoms with Crippen LogP contribution in [0.4, 0.5) is 0 Å². The van der Waals surface area contributed by atoms with Crippen molar-refractivity contribution in [3.8, 4) is 0 Å². The number of hydrogen-bond donors (Lipinski definition) is 1. The molecule has 2 rings (SSSR count). The zero-order chi connectivity index (χ0) is 14.6. The van der Waals surface area contributed by atoms with E-state index >= 15 is 0 Å². The Balaban J connectivity index is 1.88. The normalized spacial score (nSPS) is 25.1. The largest absolute Gasteiger partial charge is 0.396 e. The molecule has 0 bridgehead atoms. The molecule has 2 aliphatic rings. The lowest BCUT2D eigenvalue weighted by Gasteiger charge is -2.37. The smallest absolute Gasteiger partial charge is 0.281 e. The second-order valence-corrected chi connectivity index (χ2v) is 8.09. The van der Waals surface area contributed by atoms with E-state index in [1.165, 1.54) is 12.8 Å². The molecule has 5 nitrogen and oxygen atoms in total. The summed E-state index contributed by atoms with van der Waals surface area (Å²) in [6.45, 7) is 4.83. The lowest BCUT2D eigenvalue weighted by molar-refractivity contribution is 0.163. The molecule has 2 fully saturated rings. The van der Waals surface area contributed by atoms with E-state index in [1.54, 1.807) is 8.61 Å². The monoisotopic (exact) mass is 304 g/mol. The van der Waals surface area contributed by atoms with Gasteiger partial charge in [-0.1, -0.05) is 19.8 Å². The van der Waals surface area contributed by atoms with Crippen LogP contribution in [0, 0.1) is 11.8 Å². The van der Waals surface area contributed by atoms with Crippen molar-refractivity contribution < 1.29 is 13.5 Å². The molecule has 6 heteroatoms. The Hall–Kier alpha value is -0.170. The zero-order valence-corrected chi connectivity index (χ0v) is 13.3. The molecule has 0 amide bonds. The highest BCUT2D eigenvalue weighted by Crippen LogP contribution is 2.26. The van der Waals surface area contributed by atoms with Crippen LogP contribution in [-0.2, 0) is 10.2 Å². The van der Waals surface area contributed by atoms with Crippen LogP contribution < -0.4 is 0 Å². The van der Waals surface area contributed by atoms with E-state index < -0.39 is 10.2 Å². The summed E-state index contributed by atoms with van der Waals surface area (Å²) in [5.41, 5.74) is 0. The average Bonchev–Trinajstić information content (AvgIpc) is 2.48. The zero-order valence-electron chi connectivity index (χ0n) is 12.5. The van der Waals surface area contributed by atoms with Crippen LogP contribution in [0.25, 0.3) is 0 Å². The molecule has 0 spiro atoms. The van der Waals surface area contributed by atoms with Crippen molar-refractivity contribution in [3.63, 3.8) is 0 Å². The molecule has 0 unspecified atom stereocenters. The van der Waals surface area contributed by atoms with Crippen molar-refractivity contribution >= 4 is 10.2 Å². The van der Waals surface area contributed by atoms with Gasteiger partial charge in [-0.25, -0.2) is 0 Å². The molecule has 0 aromatic heterocycles. The van der Waals surface area contributed by atoms with Gasteiger partial charge < -0.3 is 5.11 Å². The first-order valence-corrected chi connectivity index (χ1v) is 9.33. The van der Waals surface area contributed by atoms with E-state index in [1.807, 2.05) is 0 Å². The minimum atomic E-state index is -3.27. The Morgan fingerprint density at radius 1 is 0.950 bits per heavy atom. The van der Waals surface area contributed by atoms with Gasteiger partial charge in [0.2, 0.25) is 0 Å². The summed E-state index contributed by atoms with van der Waals surface area (Å²) in [4.78, 5) is 0. The summed E-state index contributed by atoms with van der Waals surface area (Å²) < 4.78 is 28.5. The van der Waals surface area contributed by atoms with Crippen LogP contribution in [-0.4, -0.2) is 54.9 Å². The van der Waals surface area contributed by atoms with E-state index in [9.17, 15) is 8.42 Å². The molecule has 0 radical (unpaired) electrons. The van der Waals surface area contributed by atoms with Gasteiger partial charge in [-0.2, -0.15) is 17.0 Å². The van der Waals surface area contributed by atoms with Crippen LogP contribution >= 0.6 is 0 Å². The Morgan fingerprint density at radius 2 is 1.40 bits per heavy atom. The Bertz CT molecular complexity index is 383. The molecular weight excluding hydrogens is 276 g/mol. The predicted octanol–water partition coefficient (Wildman–Crippen LogP) is 1.45. The molecule has 0 aromatic carbocycles. The molecule has 0 aliphatic carbocycles. The summed E-state index contributed by atoms with van der Waals surface area (Å²) in [6, 6.07) is 0. The average molecular weight is 304 g/mol. The molecule has 0 saturated carbocycles. The van der Waals surface area contributed by atoms with Crippen molar-refractivity contribution in [2.45, 2.75) is 45.4 Å². The minimum Gasteiger partial charge on any atom is -0.396 e. The second-order valence-electron chi connectivity index (χ2n) is 6.16. The molecule has 0 aromatic rings. The Morgan fingerprint density at radius 3 is 1.80 bits per heavy atom. The number of piperidine rings is 2. The number of hydrogen-bond acceptors (Lipinski definition) is 3. The molecule has 2 heterocycles. The van der Waals surface area contributed by atoms with Crippen molar-refractivity contribution in [1.82, 2.24) is 8.61 Å². The first kappa shape index (κ1) is 16.2. The fourth-order valence-corrected chi connectivity index (χ4v) is 4.99. The fourth-order valence-electron chi connectivity index (χ4n) is 3.32. The molecule has 20 heavy (non-hydrogen) atoms. The lowest BCUT2D eigenvalue weighted by Crippen LogP contribution is -2.49. The van der Waals surface area contributed by atoms with E-state index in [-0.39, 0.29) is 12.5 Å². The quantitative estimate of drug-likeness (QED) is 0.836. The standard InChI is InChI=1S/C14H28N2O3S/c1-2-3-13-4-8-15(9-5-13)20(18,19)16-10-6-14(12-17)7-11-16/h13-14,17H,2-12H2,1H3. The molecule has 1 N–H and O–H groups in total. The van der Waals surface area contributed by atoms with Gasteiger partial charge in [0, 0.05) is 32.8 Å². The van der Waals surface area contributed by atoms with Gasteiger partial charge in [-0.05, 0) is 37.5 Å². The van der Waals surface area contributed by atoms with Gasteiger partial charge in [0.15, 0.2) is 0 Å². The molecule has 0 atom stereocenters. The summed E-state index contributed by atoms with van der Waals surface area (Å²) in [6.07, 6.45) is 5.96. The number of nitrogens with zero attached hydrogens (tertiary/aromatic N) is 2. The predicted molar refractivity (Wildman–Crippen MR) is 79.5 cm³/mol. The van der Waals surface area contributed by atoms with Crippen molar-refractivity contribution in [1.29, 1.82) is 0 Å². The highest BCUT2D eigenvalue weighted by molar-refractivity contribution is 7.86. The third kappa shape index (κ3) is 3.72. The van der Waals surface area contributed by atoms with Gasteiger partial charge in [0.25, 0.3) is 10.2 Å². The maximum atomic E-state index is 12.6. The molecular formula is C14H28N2O3S. The first-order chi connectivity index (χ1) is 9.57. The number of aliphatic hydroxyl groups excluding tert-OH is 1. The van der Waals surface area contributed by atoms with Crippen LogP contribution in [0.15, 0.2) is 0 Å². The third-order valence-electron chi connectivity index (χ3n) is 4.75. The van der Waals surface area contributed by atoms with E-state index in [2.05, 4.69) is 6.92 Å². The van der Waals surface area contributed by atoms with Gasteiger partial charge >= 0.3 is 0 Å². The van der Waals surface area contributed by atoms with Crippen LogP contribution in [0.3, 0.4) is 0 Å². The maximum absolute atomic E-state index is 12.6. The van der Waals surface area contributed by atoms with Crippen molar-refractivity contribution in [2.75, 3.05) is 32.8 Å². The lowest BCUT2D eigenvalue weighted by atomic mass is 9.94. The van der Waals surface area contributed by atoms with Gasteiger partial charge in [-0.15, -0.1) is 0 Å². The van der Waals surface area contributed by atoms with Crippen LogP contribution in [0.1, 0.15) is 45.4 Å². The Kier molecular flexibility index (Phi) is 5.84. The Labute approximate surface area is 123 Å². The molecule has 2 aliphatic heterocycles. The van der Waals surface area contributed by atoms with Gasteiger partial charge in [-0.3, -0.25) is 0 Å². The van der Waals surface area contributed by atoms with Crippen molar-refractivity contribution in [2.24, 2.45) is 11.8 Å². The van der Waals surface area contributed by atoms with Gasteiger partial charge in [0.1, 0.15) is 0 Å². The van der Waals surface area contributed by atoms with Crippen molar-refractivity contribution in [3.05, 3.63) is 0 Å². The fraction of sp³-hybridized carbons (Fsp3) is 1.00. The summed E-state index contributed by atoms with van der Waals surface area (Å²) >= 11 is 0. The highest BCUT2D eigenvalue weighted by Gasteiger charge is 2.34. The number of aliphatic hydroxyl groups is 1. The third-order valence-corrected chi connectivity index (χ3v) is 6.79. The van der Waals surface area contributed by atoms with E-state index in [0.717, 1.165) is 25.7 Å².